The summed E-state index contributed by atoms with van der Waals surface area (Å²) in [5.74, 6) is 0. The van der Waals surface area contributed by atoms with Crippen LogP contribution in [0.25, 0.3) is 11.1 Å². The highest BCUT2D eigenvalue weighted by molar-refractivity contribution is 7.80. The largest absolute Gasteiger partial charge is 0.389 e. The molecule has 2 nitrogen and oxygen atoms in total. The molecule has 0 aliphatic heterocycles. The lowest BCUT2D eigenvalue weighted by Crippen LogP contribution is -2.10. The van der Waals surface area contributed by atoms with Crippen LogP contribution < -0.4 is 5.73 Å². The molecule has 0 bridgehead atoms. The average molecular weight is 307 g/mol. The Kier molecular flexibility index (Phi) is 5.36. The molecule has 0 aliphatic rings. The van der Waals surface area contributed by atoms with Crippen LogP contribution in [0.4, 0.5) is 8.78 Å². The molecular formula is C16H15F2NOS. The second-order valence-electron chi connectivity index (χ2n) is 4.51. The van der Waals surface area contributed by atoms with Crippen molar-refractivity contribution < 1.29 is 13.5 Å². The number of rotatable bonds is 6. The number of nitrogens with two attached hydrogens (primary N) is 1. The van der Waals surface area contributed by atoms with Crippen molar-refractivity contribution in [3.05, 3.63) is 59.7 Å². The first-order chi connectivity index (χ1) is 10.1. The maximum Gasteiger partial charge on any atom is 0.261 e. The van der Waals surface area contributed by atoms with Crippen LogP contribution in [0, 0.1) is 0 Å². The lowest BCUT2D eigenvalue weighted by atomic mass is 9.99. The van der Waals surface area contributed by atoms with Gasteiger partial charge in [-0.2, -0.15) is 0 Å². The number of thiocarbonyl (C=S) groups is 1. The summed E-state index contributed by atoms with van der Waals surface area (Å²) in [6.07, 6.45) is -2.44. The number of halogens is 2. The summed E-state index contributed by atoms with van der Waals surface area (Å²) < 4.78 is 28.9. The van der Waals surface area contributed by atoms with Gasteiger partial charge in [0.2, 0.25) is 0 Å². The van der Waals surface area contributed by atoms with Gasteiger partial charge in [0.15, 0.2) is 0 Å². The fourth-order valence-corrected chi connectivity index (χ4v) is 2.17. The summed E-state index contributed by atoms with van der Waals surface area (Å²) in [4.78, 5) is 0.343. The Balaban J connectivity index is 2.14. The topological polar surface area (TPSA) is 35.2 Å². The highest BCUT2D eigenvalue weighted by Crippen LogP contribution is 2.24. The van der Waals surface area contributed by atoms with Gasteiger partial charge in [0, 0.05) is 5.56 Å². The van der Waals surface area contributed by atoms with Gasteiger partial charge in [0.05, 0.1) is 6.61 Å². The van der Waals surface area contributed by atoms with Crippen LogP contribution in [-0.4, -0.2) is 18.0 Å². The van der Waals surface area contributed by atoms with E-state index in [1.54, 1.807) is 0 Å². The Bertz CT molecular complexity index is 614. The lowest BCUT2D eigenvalue weighted by molar-refractivity contribution is 0.00988. The Labute approximate surface area is 127 Å². The second kappa shape index (κ2) is 7.24. The first-order valence-electron chi connectivity index (χ1n) is 6.42. The summed E-state index contributed by atoms with van der Waals surface area (Å²) in [5, 5.41) is 0. The molecule has 2 aromatic rings. The number of benzene rings is 2. The zero-order valence-corrected chi connectivity index (χ0v) is 12.1. The fraction of sp³-hybridized carbons (Fsp3) is 0.188. The van der Waals surface area contributed by atoms with E-state index in [2.05, 4.69) is 0 Å². The van der Waals surface area contributed by atoms with Gasteiger partial charge in [-0.05, 0) is 16.7 Å². The highest BCUT2D eigenvalue weighted by atomic mass is 32.1. The zero-order valence-electron chi connectivity index (χ0n) is 11.3. The average Bonchev–Trinajstić information content (AvgIpc) is 2.47. The highest BCUT2D eigenvalue weighted by Gasteiger charge is 2.07. The van der Waals surface area contributed by atoms with Crippen molar-refractivity contribution in [2.75, 3.05) is 6.61 Å². The fourth-order valence-electron chi connectivity index (χ4n) is 2.00. The molecule has 0 aliphatic carbocycles. The molecule has 5 heteroatoms. The smallest absolute Gasteiger partial charge is 0.261 e. The predicted octanol–water partition coefficient (Wildman–Crippen LogP) is 3.77. The third-order valence-electron chi connectivity index (χ3n) is 2.97. The zero-order chi connectivity index (χ0) is 15.2. The van der Waals surface area contributed by atoms with E-state index in [1.807, 2.05) is 48.5 Å². The first kappa shape index (κ1) is 15.5. The summed E-state index contributed by atoms with van der Waals surface area (Å²) in [5.41, 5.74) is 9.29. The molecule has 110 valence electrons. The van der Waals surface area contributed by atoms with Crippen molar-refractivity contribution >= 4 is 17.2 Å². The Morgan fingerprint density at radius 1 is 1.10 bits per heavy atom. The van der Waals surface area contributed by atoms with Crippen LogP contribution >= 0.6 is 12.2 Å². The van der Waals surface area contributed by atoms with Crippen molar-refractivity contribution in [2.45, 2.75) is 13.0 Å². The molecular weight excluding hydrogens is 292 g/mol. The van der Waals surface area contributed by atoms with Crippen LogP contribution in [0.1, 0.15) is 11.1 Å². The molecule has 2 N–H and O–H groups in total. The SMILES string of the molecule is NC(=S)c1ccccc1-c1ccc(COCC(F)F)cc1. The molecule has 0 amide bonds. The third-order valence-corrected chi connectivity index (χ3v) is 3.19. The predicted molar refractivity (Wildman–Crippen MR) is 83.4 cm³/mol. The molecule has 2 aromatic carbocycles. The maximum atomic E-state index is 12.0. The van der Waals surface area contributed by atoms with E-state index in [9.17, 15) is 8.78 Å². The quantitative estimate of drug-likeness (QED) is 0.825. The Hall–Kier alpha value is -1.85. The van der Waals surface area contributed by atoms with Crippen LogP contribution in [-0.2, 0) is 11.3 Å². The van der Waals surface area contributed by atoms with E-state index >= 15 is 0 Å². The van der Waals surface area contributed by atoms with E-state index in [4.69, 9.17) is 22.7 Å². The van der Waals surface area contributed by atoms with Crippen molar-refractivity contribution in [1.82, 2.24) is 0 Å². The van der Waals surface area contributed by atoms with Gasteiger partial charge in [-0.1, -0.05) is 60.7 Å². The Morgan fingerprint density at radius 3 is 2.38 bits per heavy atom. The van der Waals surface area contributed by atoms with E-state index in [0.717, 1.165) is 22.3 Å². The van der Waals surface area contributed by atoms with Crippen LogP contribution in [0.3, 0.4) is 0 Å². The molecule has 0 radical (unpaired) electrons. The molecule has 0 atom stereocenters. The van der Waals surface area contributed by atoms with Gasteiger partial charge in [-0.25, -0.2) is 8.78 Å². The van der Waals surface area contributed by atoms with E-state index in [1.165, 1.54) is 0 Å². The minimum atomic E-state index is -2.44. The van der Waals surface area contributed by atoms with Crippen LogP contribution in [0.5, 0.6) is 0 Å². The normalized spacial score (nSPS) is 10.8. The molecule has 0 fully saturated rings. The number of alkyl halides is 2. The minimum absolute atomic E-state index is 0.168. The molecule has 0 aromatic heterocycles. The molecule has 0 unspecified atom stereocenters. The first-order valence-corrected chi connectivity index (χ1v) is 6.83. The van der Waals surface area contributed by atoms with Crippen molar-refractivity contribution in [3.8, 4) is 11.1 Å². The van der Waals surface area contributed by atoms with Gasteiger partial charge in [-0.3, -0.25) is 0 Å². The molecule has 2 rings (SSSR count). The van der Waals surface area contributed by atoms with Crippen molar-refractivity contribution in [1.29, 1.82) is 0 Å². The van der Waals surface area contributed by atoms with E-state index in [0.29, 0.717) is 4.99 Å². The van der Waals surface area contributed by atoms with Gasteiger partial charge in [0.25, 0.3) is 6.43 Å². The van der Waals surface area contributed by atoms with Crippen LogP contribution in [0.2, 0.25) is 0 Å². The monoisotopic (exact) mass is 307 g/mol. The van der Waals surface area contributed by atoms with Gasteiger partial charge in [0.1, 0.15) is 11.6 Å². The van der Waals surface area contributed by atoms with E-state index in [-0.39, 0.29) is 6.61 Å². The molecule has 21 heavy (non-hydrogen) atoms. The number of hydrogen-bond acceptors (Lipinski definition) is 2. The summed E-state index contributed by atoms with van der Waals surface area (Å²) in [6, 6.07) is 15.1. The minimum Gasteiger partial charge on any atom is -0.389 e. The van der Waals surface area contributed by atoms with Gasteiger partial charge >= 0.3 is 0 Å². The van der Waals surface area contributed by atoms with Gasteiger partial charge in [-0.15, -0.1) is 0 Å². The number of hydrogen-bond donors (Lipinski definition) is 1. The summed E-state index contributed by atoms with van der Waals surface area (Å²) in [7, 11) is 0. The van der Waals surface area contributed by atoms with Crippen molar-refractivity contribution in [2.24, 2.45) is 5.73 Å². The summed E-state index contributed by atoms with van der Waals surface area (Å²) in [6.45, 7) is -0.381. The van der Waals surface area contributed by atoms with Crippen LogP contribution in [0.15, 0.2) is 48.5 Å². The number of ether oxygens (including phenoxy) is 1. The molecule has 0 saturated heterocycles. The molecule has 0 saturated carbocycles. The maximum absolute atomic E-state index is 12.0. The van der Waals surface area contributed by atoms with E-state index < -0.39 is 13.0 Å². The third kappa shape index (κ3) is 4.31. The second-order valence-corrected chi connectivity index (χ2v) is 4.95. The molecule has 0 spiro atoms. The van der Waals surface area contributed by atoms with Crippen molar-refractivity contribution in [3.63, 3.8) is 0 Å². The molecule has 0 heterocycles. The van der Waals surface area contributed by atoms with Gasteiger partial charge < -0.3 is 10.5 Å². The summed E-state index contributed by atoms with van der Waals surface area (Å²) >= 11 is 5.04. The standard InChI is InChI=1S/C16H15F2NOS/c17-15(18)10-20-9-11-5-7-12(8-6-11)13-3-1-2-4-14(13)16(19)21/h1-8,15H,9-10H2,(H2,19,21). The Morgan fingerprint density at radius 2 is 1.76 bits per heavy atom. The lowest BCUT2D eigenvalue weighted by Gasteiger charge is -2.09.